The van der Waals surface area contributed by atoms with E-state index in [2.05, 4.69) is 16.9 Å². The molecule has 10 heteroatoms. The Kier molecular flexibility index (Phi) is 14.8. The van der Waals surface area contributed by atoms with E-state index >= 15 is 0 Å². The van der Waals surface area contributed by atoms with E-state index in [1.165, 1.54) is 68.8 Å². The van der Waals surface area contributed by atoms with Crippen LogP contribution >= 0.6 is 0 Å². The molecule has 0 amide bonds. The molecule has 0 aliphatic heterocycles. The summed E-state index contributed by atoms with van der Waals surface area (Å²) in [7, 11) is 0. The molecule has 2 aromatic carbocycles. The molecule has 3 aromatic rings. The van der Waals surface area contributed by atoms with Crippen molar-refractivity contribution in [3.05, 3.63) is 72.2 Å². The number of alkyl halides is 3. The SMILES string of the molecule is CCCCCCCCCOc1ccc(-c2cnc(C(=O)Oc3ccc(C(=O)OC(CCCCCC)C(F)(F)F)cc3)cn2)cc1. The first-order valence-electron chi connectivity index (χ1n) is 15.9. The first kappa shape index (κ1) is 35.5. The smallest absolute Gasteiger partial charge is 0.425 e. The van der Waals surface area contributed by atoms with E-state index in [1.54, 1.807) is 0 Å². The zero-order valence-corrected chi connectivity index (χ0v) is 26.1. The summed E-state index contributed by atoms with van der Waals surface area (Å²) < 4.78 is 56.0. The lowest BCUT2D eigenvalue weighted by atomic mass is 10.1. The normalized spacial score (nSPS) is 12.0. The zero-order chi connectivity index (χ0) is 32.5. The van der Waals surface area contributed by atoms with Gasteiger partial charge < -0.3 is 14.2 Å². The third kappa shape index (κ3) is 12.5. The highest BCUT2D eigenvalue weighted by molar-refractivity contribution is 5.91. The highest BCUT2D eigenvalue weighted by Gasteiger charge is 2.42. The van der Waals surface area contributed by atoms with Crippen LogP contribution in [0, 0.1) is 0 Å². The molecule has 7 nitrogen and oxygen atoms in total. The van der Waals surface area contributed by atoms with Gasteiger partial charge in [-0.1, -0.05) is 71.6 Å². The quantitative estimate of drug-likeness (QED) is 0.0742. The maximum Gasteiger partial charge on any atom is 0.425 e. The first-order valence-corrected chi connectivity index (χ1v) is 15.9. The van der Waals surface area contributed by atoms with E-state index in [9.17, 15) is 22.8 Å². The Morgan fingerprint density at radius 3 is 1.91 bits per heavy atom. The maximum atomic E-state index is 13.4. The van der Waals surface area contributed by atoms with Crippen LogP contribution in [-0.2, 0) is 4.74 Å². The lowest BCUT2D eigenvalue weighted by molar-refractivity contribution is -0.206. The van der Waals surface area contributed by atoms with Crippen molar-refractivity contribution in [3.63, 3.8) is 0 Å². The van der Waals surface area contributed by atoms with Gasteiger partial charge in [-0.25, -0.2) is 14.6 Å². The van der Waals surface area contributed by atoms with Gasteiger partial charge >= 0.3 is 18.1 Å². The molecule has 1 aromatic heterocycles. The molecule has 0 spiro atoms. The van der Waals surface area contributed by atoms with E-state index in [4.69, 9.17) is 14.2 Å². The first-order chi connectivity index (χ1) is 21.7. The molecule has 0 fully saturated rings. The monoisotopic (exact) mass is 628 g/mol. The van der Waals surface area contributed by atoms with Crippen LogP contribution in [0.15, 0.2) is 60.9 Å². The van der Waals surface area contributed by atoms with Gasteiger partial charge in [0.1, 0.15) is 11.5 Å². The molecule has 1 unspecified atom stereocenters. The largest absolute Gasteiger partial charge is 0.494 e. The predicted molar refractivity (Wildman–Crippen MR) is 166 cm³/mol. The second kappa shape index (κ2) is 18.8. The van der Waals surface area contributed by atoms with Crippen LogP contribution in [0.3, 0.4) is 0 Å². The second-order valence-corrected chi connectivity index (χ2v) is 11.0. The number of carbonyl (C=O) groups is 2. The molecule has 0 radical (unpaired) electrons. The molecule has 244 valence electrons. The molecule has 0 bridgehead atoms. The molecular weight excluding hydrogens is 585 g/mol. The Morgan fingerprint density at radius 2 is 1.31 bits per heavy atom. The van der Waals surface area contributed by atoms with Crippen molar-refractivity contribution in [2.24, 2.45) is 0 Å². The average molecular weight is 629 g/mol. The molecule has 0 aliphatic rings. The summed E-state index contributed by atoms with van der Waals surface area (Å²) in [6.45, 7) is 4.85. The van der Waals surface area contributed by atoms with Crippen molar-refractivity contribution >= 4 is 11.9 Å². The van der Waals surface area contributed by atoms with Gasteiger partial charge in [0.05, 0.1) is 30.3 Å². The summed E-state index contributed by atoms with van der Waals surface area (Å²) in [6.07, 6.45) is 6.85. The molecule has 0 N–H and O–H groups in total. The van der Waals surface area contributed by atoms with Crippen LogP contribution in [0.2, 0.25) is 0 Å². The van der Waals surface area contributed by atoms with Crippen molar-refractivity contribution < 1.29 is 37.0 Å². The van der Waals surface area contributed by atoms with Crippen molar-refractivity contribution in [1.82, 2.24) is 9.97 Å². The Bertz CT molecular complexity index is 1300. The lowest BCUT2D eigenvalue weighted by Gasteiger charge is -2.20. The van der Waals surface area contributed by atoms with Gasteiger partial charge in [-0.05, 0) is 67.8 Å². The molecule has 45 heavy (non-hydrogen) atoms. The highest BCUT2D eigenvalue weighted by Crippen LogP contribution is 2.28. The predicted octanol–water partition coefficient (Wildman–Crippen LogP) is 9.55. The average Bonchev–Trinajstić information content (AvgIpc) is 3.04. The number of carbonyl (C=O) groups excluding carboxylic acids is 2. The molecule has 0 saturated carbocycles. The minimum absolute atomic E-state index is 0.0343. The number of benzene rings is 2. The summed E-state index contributed by atoms with van der Waals surface area (Å²) in [5.41, 5.74) is 1.25. The van der Waals surface area contributed by atoms with Gasteiger partial charge in [0.2, 0.25) is 0 Å². The van der Waals surface area contributed by atoms with Gasteiger partial charge in [0.15, 0.2) is 11.8 Å². The fraction of sp³-hybridized carbons (Fsp3) is 0.486. The third-order valence-corrected chi connectivity index (χ3v) is 7.26. The number of rotatable bonds is 19. The molecule has 0 saturated heterocycles. The van der Waals surface area contributed by atoms with E-state index < -0.39 is 24.2 Å². The van der Waals surface area contributed by atoms with Gasteiger partial charge in [-0.3, -0.25) is 4.98 Å². The molecule has 3 rings (SSSR count). The van der Waals surface area contributed by atoms with Crippen LogP contribution in [0.1, 0.15) is 112 Å². The lowest BCUT2D eigenvalue weighted by Crippen LogP contribution is -2.33. The number of halogens is 3. The highest BCUT2D eigenvalue weighted by atomic mass is 19.4. The number of hydrogen-bond donors (Lipinski definition) is 0. The number of hydrogen-bond acceptors (Lipinski definition) is 7. The summed E-state index contributed by atoms with van der Waals surface area (Å²) in [5, 5.41) is 0. The minimum Gasteiger partial charge on any atom is -0.494 e. The third-order valence-electron chi connectivity index (χ3n) is 7.26. The van der Waals surface area contributed by atoms with Crippen LogP contribution in [0.5, 0.6) is 11.5 Å². The van der Waals surface area contributed by atoms with Crippen molar-refractivity contribution in [1.29, 1.82) is 0 Å². The van der Waals surface area contributed by atoms with Crippen LogP contribution < -0.4 is 9.47 Å². The fourth-order valence-electron chi connectivity index (χ4n) is 4.62. The van der Waals surface area contributed by atoms with Gasteiger partial charge in [0, 0.05) is 5.56 Å². The van der Waals surface area contributed by atoms with Crippen molar-refractivity contribution in [2.45, 2.75) is 103 Å². The zero-order valence-electron chi connectivity index (χ0n) is 26.1. The van der Waals surface area contributed by atoms with E-state index in [0.717, 1.165) is 37.0 Å². The van der Waals surface area contributed by atoms with Crippen LogP contribution in [-0.4, -0.2) is 40.8 Å². The number of unbranched alkanes of at least 4 members (excludes halogenated alkanes) is 9. The summed E-state index contributed by atoms with van der Waals surface area (Å²) >= 11 is 0. The second-order valence-electron chi connectivity index (χ2n) is 11.0. The Morgan fingerprint density at radius 1 is 0.711 bits per heavy atom. The Labute approximate surface area is 263 Å². The fourth-order valence-corrected chi connectivity index (χ4v) is 4.62. The van der Waals surface area contributed by atoms with E-state index in [0.29, 0.717) is 25.1 Å². The molecule has 1 heterocycles. The van der Waals surface area contributed by atoms with Gasteiger partial charge in [-0.2, -0.15) is 13.2 Å². The van der Waals surface area contributed by atoms with Crippen molar-refractivity contribution in [3.8, 4) is 22.8 Å². The van der Waals surface area contributed by atoms with Crippen molar-refractivity contribution in [2.75, 3.05) is 6.61 Å². The molecular formula is C35H43F3N2O5. The minimum atomic E-state index is -4.65. The Hall–Kier alpha value is -3.95. The van der Waals surface area contributed by atoms with Crippen LogP contribution in [0.25, 0.3) is 11.3 Å². The van der Waals surface area contributed by atoms with Crippen LogP contribution in [0.4, 0.5) is 13.2 Å². The number of esters is 2. The molecule has 0 aliphatic carbocycles. The standard InChI is InChI=1S/C35H43F3N2O5/c1-3-5-7-9-10-11-13-23-43-28-19-15-26(16-20-28)30-24-40-31(25-39-30)34(42)44-29-21-17-27(18-22-29)33(41)45-32(35(36,37)38)14-12-8-6-4-2/h15-22,24-25,32H,3-14,23H2,1-2H3. The van der Waals surface area contributed by atoms with Gasteiger partial charge in [0.25, 0.3) is 0 Å². The summed E-state index contributed by atoms with van der Waals surface area (Å²) in [5.74, 6) is -1.01. The number of ether oxygens (including phenoxy) is 3. The summed E-state index contributed by atoms with van der Waals surface area (Å²) in [4.78, 5) is 33.4. The maximum absolute atomic E-state index is 13.4. The summed E-state index contributed by atoms with van der Waals surface area (Å²) in [6, 6.07) is 12.6. The number of nitrogens with zero attached hydrogens (tertiary/aromatic N) is 2. The molecule has 1 atom stereocenters. The van der Waals surface area contributed by atoms with E-state index in [-0.39, 0.29) is 23.4 Å². The Balaban J connectivity index is 1.47. The van der Waals surface area contributed by atoms with Gasteiger partial charge in [-0.15, -0.1) is 0 Å². The topological polar surface area (TPSA) is 87.6 Å². The van der Waals surface area contributed by atoms with E-state index in [1.807, 2.05) is 31.2 Å². The number of aromatic nitrogens is 2.